The van der Waals surface area contributed by atoms with Crippen molar-refractivity contribution in [3.63, 3.8) is 0 Å². The average Bonchev–Trinajstić information content (AvgIpc) is 3.34. The first-order chi connectivity index (χ1) is 10.7. The second-order valence-corrected chi connectivity index (χ2v) is 6.12. The number of rotatable bonds is 11. The molecule has 0 radical (unpaired) electrons. The molecular formula is C21H33N. The Balaban J connectivity index is 2.87. The monoisotopic (exact) mass is 299 g/mol. The van der Waals surface area contributed by atoms with Crippen LogP contribution in [0.15, 0.2) is 59.9 Å². The predicted octanol–water partition coefficient (Wildman–Crippen LogP) is 6.09. The molecule has 122 valence electrons. The summed E-state index contributed by atoms with van der Waals surface area (Å²) in [7, 11) is 0. The molecule has 1 N–H and O–H groups in total. The van der Waals surface area contributed by atoms with Crippen molar-refractivity contribution < 1.29 is 0 Å². The van der Waals surface area contributed by atoms with Gasteiger partial charge in [-0.3, -0.25) is 0 Å². The van der Waals surface area contributed by atoms with Crippen molar-refractivity contribution in [2.24, 2.45) is 5.92 Å². The molecule has 0 bridgehead atoms. The summed E-state index contributed by atoms with van der Waals surface area (Å²) in [5, 5.41) is 3.64. The van der Waals surface area contributed by atoms with Gasteiger partial charge in [0, 0.05) is 18.7 Å². The summed E-state index contributed by atoms with van der Waals surface area (Å²) in [6.45, 7) is 15.4. The fraction of sp³-hybridized carbons (Fsp3) is 0.524. The van der Waals surface area contributed by atoms with E-state index in [1.165, 1.54) is 41.7 Å². The van der Waals surface area contributed by atoms with Crippen LogP contribution in [0, 0.1) is 5.92 Å². The van der Waals surface area contributed by atoms with Gasteiger partial charge in [0.1, 0.15) is 0 Å². The van der Waals surface area contributed by atoms with E-state index in [1.807, 2.05) is 12.2 Å². The minimum absolute atomic E-state index is 0.751. The molecule has 1 fully saturated rings. The van der Waals surface area contributed by atoms with E-state index < -0.39 is 0 Å². The van der Waals surface area contributed by atoms with Crippen molar-refractivity contribution in [2.45, 2.75) is 59.3 Å². The number of nitrogens with one attached hydrogen (secondary N) is 1. The van der Waals surface area contributed by atoms with E-state index >= 15 is 0 Å². The van der Waals surface area contributed by atoms with E-state index in [0.717, 1.165) is 31.7 Å². The van der Waals surface area contributed by atoms with Crippen LogP contribution in [0.4, 0.5) is 0 Å². The summed E-state index contributed by atoms with van der Waals surface area (Å²) in [4.78, 5) is 0. The molecule has 1 heteroatoms. The maximum atomic E-state index is 4.04. The summed E-state index contributed by atoms with van der Waals surface area (Å²) in [5.74, 6) is 0.751. The third-order valence-corrected chi connectivity index (χ3v) is 4.15. The van der Waals surface area contributed by atoms with Gasteiger partial charge >= 0.3 is 0 Å². The Labute approximate surface area is 137 Å². The molecule has 0 aromatic carbocycles. The molecule has 0 aromatic heterocycles. The quantitative estimate of drug-likeness (QED) is 0.360. The van der Waals surface area contributed by atoms with E-state index in [2.05, 4.69) is 51.4 Å². The molecule has 0 atom stereocenters. The molecule has 0 aromatic rings. The van der Waals surface area contributed by atoms with Gasteiger partial charge in [0.2, 0.25) is 0 Å². The van der Waals surface area contributed by atoms with Crippen LogP contribution < -0.4 is 5.32 Å². The molecule has 1 aliphatic carbocycles. The van der Waals surface area contributed by atoms with Crippen LogP contribution in [0.25, 0.3) is 0 Å². The summed E-state index contributed by atoms with van der Waals surface area (Å²) >= 11 is 0. The molecule has 1 saturated carbocycles. The highest BCUT2D eigenvalue weighted by molar-refractivity contribution is 5.38. The zero-order chi connectivity index (χ0) is 16.4. The van der Waals surface area contributed by atoms with Crippen LogP contribution in [0.3, 0.4) is 0 Å². The van der Waals surface area contributed by atoms with Crippen LogP contribution in [0.1, 0.15) is 59.3 Å². The van der Waals surface area contributed by atoms with Gasteiger partial charge in [0.25, 0.3) is 0 Å². The van der Waals surface area contributed by atoms with Gasteiger partial charge in [-0.05, 0) is 49.7 Å². The first-order valence-corrected chi connectivity index (χ1v) is 8.73. The lowest BCUT2D eigenvalue weighted by atomic mass is 10.0. The Kier molecular flexibility index (Phi) is 8.65. The highest BCUT2D eigenvalue weighted by atomic mass is 14.9. The van der Waals surface area contributed by atoms with E-state index in [4.69, 9.17) is 0 Å². The van der Waals surface area contributed by atoms with Crippen molar-refractivity contribution >= 4 is 0 Å². The summed E-state index contributed by atoms with van der Waals surface area (Å²) in [5.41, 5.74) is 5.60. The van der Waals surface area contributed by atoms with Crippen molar-refractivity contribution in [3.05, 3.63) is 59.9 Å². The summed E-state index contributed by atoms with van der Waals surface area (Å²) < 4.78 is 0. The smallest absolute Gasteiger partial charge is 0.0400 e. The normalized spacial score (nSPS) is 17.0. The minimum Gasteiger partial charge on any atom is -0.384 e. The molecule has 0 amide bonds. The maximum absolute atomic E-state index is 4.04. The SMILES string of the molecule is C=CC/C(NC/C(C=C)=C(/C=C/CC)C1CC1)=C(/C)CCC. The topological polar surface area (TPSA) is 12.0 Å². The van der Waals surface area contributed by atoms with Gasteiger partial charge in [0.05, 0.1) is 0 Å². The minimum atomic E-state index is 0.751. The third-order valence-electron chi connectivity index (χ3n) is 4.15. The van der Waals surface area contributed by atoms with Crippen LogP contribution in [-0.2, 0) is 0 Å². The zero-order valence-corrected chi connectivity index (χ0v) is 14.8. The largest absolute Gasteiger partial charge is 0.384 e. The third kappa shape index (κ3) is 6.09. The Morgan fingerprint density at radius 2 is 1.95 bits per heavy atom. The Bertz CT molecular complexity index is 458. The van der Waals surface area contributed by atoms with Crippen molar-refractivity contribution in [1.82, 2.24) is 5.32 Å². The van der Waals surface area contributed by atoms with Crippen LogP contribution in [0.5, 0.6) is 0 Å². The average molecular weight is 300 g/mol. The fourth-order valence-electron chi connectivity index (χ4n) is 2.71. The van der Waals surface area contributed by atoms with Gasteiger partial charge in [-0.2, -0.15) is 0 Å². The Hall–Kier alpha value is -1.50. The van der Waals surface area contributed by atoms with Gasteiger partial charge in [-0.15, -0.1) is 6.58 Å². The fourth-order valence-corrected chi connectivity index (χ4v) is 2.71. The van der Waals surface area contributed by atoms with Gasteiger partial charge < -0.3 is 5.32 Å². The lowest BCUT2D eigenvalue weighted by molar-refractivity contribution is 0.788. The highest BCUT2D eigenvalue weighted by Gasteiger charge is 2.26. The Morgan fingerprint density at radius 3 is 2.45 bits per heavy atom. The van der Waals surface area contributed by atoms with E-state index in [0.29, 0.717) is 0 Å². The molecule has 1 nitrogen and oxygen atoms in total. The molecule has 0 aliphatic heterocycles. The number of allylic oxidation sites excluding steroid dienone is 5. The standard InChI is InChI=1S/C21H33N/c1-6-10-13-20(19-14-15-19)18(9-4)16-22-21(12-8-3)17(5)11-7-2/h8-10,13,19,22H,3-4,6-7,11-12,14-16H2,1-2,5H3/b13-10+,20-18-,21-17+. The van der Waals surface area contributed by atoms with E-state index in [-0.39, 0.29) is 0 Å². The van der Waals surface area contributed by atoms with Crippen molar-refractivity contribution in [2.75, 3.05) is 6.54 Å². The molecular weight excluding hydrogens is 266 g/mol. The second-order valence-electron chi connectivity index (χ2n) is 6.12. The predicted molar refractivity (Wildman–Crippen MR) is 99.8 cm³/mol. The zero-order valence-electron chi connectivity index (χ0n) is 14.8. The van der Waals surface area contributed by atoms with Gasteiger partial charge in [0.15, 0.2) is 0 Å². The molecule has 1 rings (SSSR count). The summed E-state index contributed by atoms with van der Waals surface area (Å²) in [6.07, 6.45) is 15.6. The van der Waals surface area contributed by atoms with Crippen LogP contribution in [0.2, 0.25) is 0 Å². The maximum Gasteiger partial charge on any atom is 0.0400 e. The van der Waals surface area contributed by atoms with E-state index in [1.54, 1.807) is 0 Å². The van der Waals surface area contributed by atoms with Crippen molar-refractivity contribution in [1.29, 1.82) is 0 Å². The molecule has 0 unspecified atom stereocenters. The first-order valence-electron chi connectivity index (χ1n) is 8.73. The molecule has 0 heterocycles. The van der Waals surface area contributed by atoms with Crippen LogP contribution >= 0.6 is 0 Å². The molecule has 1 aliphatic rings. The van der Waals surface area contributed by atoms with Crippen molar-refractivity contribution in [3.8, 4) is 0 Å². The molecule has 0 spiro atoms. The summed E-state index contributed by atoms with van der Waals surface area (Å²) in [6, 6.07) is 0. The second kappa shape index (κ2) is 10.3. The van der Waals surface area contributed by atoms with Gasteiger partial charge in [-0.1, -0.05) is 56.7 Å². The highest BCUT2D eigenvalue weighted by Crippen LogP contribution is 2.39. The van der Waals surface area contributed by atoms with Gasteiger partial charge in [-0.25, -0.2) is 0 Å². The number of hydrogen-bond donors (Lipinski definition) is 1. The first kappa shape index (κ1) is 18.5. The lowest BCUT2D eigenvalue weighted by Gasteiger charge is -2.16. The molecule has 0 saturated heterocycles. The van der Waals surface area contributed by atoms with E-state index in [9.17, 15) is 0 Å². The Morgan fingerprint density at radius 1 is 1.23 bits per heavy atom. The molecule has 22 heavy (non-hydrogen) atoms. The lowest BCUT2D eigenvalue weighted by Crippen LogP contribution is -2.18. The van der Waals surface area contributed by atoms with Crippen LogP contribution in [-0.4, -0.2) is 6.54 Å². The number of hydrogen-bond acceptors (Lipinski definition) is 1.